The standard InChI is InChI=1S/C9H11NO2.C4H10/c1-7-3-5-8(6-4-7)10-9(11)12-2;1-3-4-2/h3-6H,1-2H3,(H,10,11);3-4H2,1-2H3. The van der Waals surface area contributed by atoms with Crippen LogP contribution >= 0.6 is 0 Å². The number of rotatable bonds is 2. The Labute approximate surface area is 97.8 Å². The highest BCUT2D eigenvalue weighted by Gasteiger charge is 1.97. The zero-order chi connectivity index (χ0) is 12.4. The second-order valence-corrected chi connectivity index (χ2v) is 3.48. The fourth-order valence-corrected chi connectivity index (χ4v) is 0.806. The number of carbonyl (C=O) groups excluding carboxylic acids is 1. The maximum atomic E-state index is 10.7. The van der Waals surface area contributed by atoms with Crippen LogP contribution in [0.2, 0.25) is 0 Å². The van der Waals surface area contributed by atoms with Gasteiger partial charge in [-0.1, -0.05) is 44.4 Å². The van der Waals surface area contributed by atoms with E-state index in [0.717, 1.165) is 11.3 Å². The quantitative estimate of drug-likeness (QED) is 0.823. The molecule has 0 bridgehead atoms. The maximum absolute atomic E-state index is 10.7. The summed E-state index contributed by atoms with van der Waals surface area (Å²) < 4.78 is 4.43. The minimum absolute atomic E-state index is 0.446. The van der Waals surface area contributed by atoms with E-state index in [1.54, 1.807) is 0 Å². The number of ether oxygens (including phenoxy) is 1. The molecule has 3 heteroatoms. The van der Waals surface area contributed by atoms with Crippen molar-refractivity contribution in [3.05, 3.63) is 29.8 Å². The lowest BCUT2D eigenvalue weighted by molar-refractivity contribution is 0.187. The van der Waals surface area contributed by atoms with Gasteiger partial charge in [-0.2, -0.15) is 0 Å². The van der Waals surface area contributed by atoms with E-state index in [1.165, 1.54) is 20.0 Å². The Morgan fingerprint density at radius 2 is 1.69 bits per heavy atom. The molecule has 0 aromatic heterocycles. The molecule has 0 spiro atoms. The van der Waals surface area contributed by atoms with Crippen molar-refractivity contribution in [3.63, 3.8) is 0 Å². The third-order valence-corrected chi connectivity index (χ3v) is 1.98. The number of amides is 1. The van der Waals surface area contributed by atoms with E-state index in [9.17, 15) is 4.79 Å². The molecule has 0 aliphatic heterocycles. The van der Waals surface area contributed by atoms with Crippen LogP contribution in [0.15, 0.2) is 24.3 Å². The van der Waals surface area contributed by atoms with Gasteiger partial charge in [-0.15, -0.1) is 0 Å². The largest absolute Gasteiger partial charge is 0.453 e. The molecule has 0 unspecified atom stereocenters. The first kappa shape index (κ1) is 14.5. The number of hydrogen-bond acceptors (Lipinski definition) is 2. The van der Waals surface area contributed by atoms with Crippen molar-refractivity contribution in [3.8, 4) is 0 Å². The van der Waals surface area contributed by atoms with Gasteiger partial charge in [0.15, 0.2) is 0 Å². The van der Waals surface area contributed by atoms with E-state index in [1.807, 2.05) is 31.2 Å². The molecule has 1 amide bonds. The summed E-state index contributed by atoms with van der Waals surface area (Å²) in [7, 11) is 1.34. The molecule has 0 aliphatic carbocycles. The predicted octanol–water partition coefficient (Wildman–Crippen LogP) is 3.98. The number of methoxy groups -OCH3 is 1. The minimum Gasteiger partial charge on any atom is -0.453 e. The third-order valence-electron chi connectivity index (χ3n) is 1.98. The van der Waals surface area contributed by atoms with Crippen molar-refractivity contribution in [2.45, 2.75) is 33.6 Å². The fraction of sp³-hybridized carbons (Fsp3) is 0.462. The molecule has 0 saturated heterocycles. The van der Waals surface area contributed by atoms with E-state index in [2.05, 4.69) is 23.9 Å². The number of aryl methyl sites for hydroxylation is 1. The Kier molecular flexibility index (Phi) is 7.94. The van der Waals surface area contributed by atoms with Crippen LogP contribution in [0.1, 0.15) is 32.3 Å². The molecule has 1 aromatic carbocycles. The summed E-state index contributed by atoms with van der Waals surface area (Å²) in [6.07, 6.45) is 2.19. The monoisotopic (exact) mass is 223 g/mol. The van der Waals surface area contributed by atoms with Gasteiger partial charge in [-0.3, -0.25) is 5.32 Å². The molecule has 0 fully saturated rings. The van der Waals surface area contributed by atoms with Gasteiger partial charge in [0, 0.05) is 5.69 Å². The van der Waals surface area contributed by atoms with Gasteiger partial charge in [0.25, 0.3) is 0 Å². The molecule has 0 atom stereocenters. The second kappa shape index (κ2) is 8.77. The fourth-order valence-electron chi connectivity index (χ4n) is 0.806. The van der Waals surface area contributed by atoms with E-state index in [-0.39, 0.29) is 0 Å². The lowest BCUT2D eigenvalue weighted by atomic mass is 10.2. The van der Waals surface area contributed by atoms with Gasteiger partial charge in [0.1, 0.15) is 0 Å². The van der Waals surface area contributed by atoms with Crippen molar-refractivity contribution in [2.24, 2.45) is 0 Å². The molecule has 90 valence electrons. The van der Waals surface area contributed by atoms with E-state index >= 15 is 0 Å². The Morgan fingerprint density at radius 3 is 2.06 bits per heavy atom. The number of hydrogen-bond donors (Lipinski definition) is 1. The maximum Gasteiger partial charge on any atom is 0.411 e. The van der Waals surface area contributed by atoms with Crippen molar-refractivity contribution in [1.82, 2.24) is 0 Å². The summed E-state index contributed by atoms with van der Waals surface area (Å²) in [5.74, 6) is 0. The molecule has 0 heterocycles. The summed E-state index contributed by atoms with van der Waals surface area (Å²) in [6, 6.07) is 7.50. The first-order valence-electron chi connectivity index (χ1n) is 5.55. The summed E-state index contributed by atoms with van der Waals surface area (Å²) in [5, 5.41) is 2.56. The number of anilines is 1. The number of benzene rings is 1. The Hall–Kier alpha value is -1.51. The number of carbonyl (C=O) groups is 1. The van der Waals surface area contributed by atoms with Crippen LogP contribution in [-0.4, -0.2) is 13.2 Å². The second-order valence-electron chi connectivity index (χ2n) is 3.48. The van der Waals surface area contributed by atoms with Gasteiger partial charge in [0.05, 0.1) is 7.11 Å². The zero-order valence-corrected chi connectivity index (χ0v) is 10.5. The minimum atomic E-state index is -0.446. The van der Waals surface area contributed by atoms with Crippen molar-refractivity contribution < 1.29 is 9.53 Å². The van der Waals surface area contributed by atoms with Gasteiger partial charge < -0.3 is 4.74 Å². The molecule has 3 nitrogen and oxygen atoms in total. The third kappa shape index (κ3) is 6.87. The Morgan fingerprint density at radius 1 is 1.19 bits per heavy atom. The summed E-state index contributed by atoms with van der Waals surface area (Å²) in [4.78, 5) is 10.7. The van der Waals surface area contributed by atoms with Crippen LogP contribution in [0.25, 0.3) is 0 Å². The van der Waals surface area contributed by atoms with Crippen LogP contribution in [0.5, 0.6) is 0 Å². The molecule has 1 rings (SSSR count). The molecule has 0 radical (unpaired) electrons. The van der Waals surface area contributed by atoms with Gasteiger partial charge >= 0.3 is 6.09 Å². The highest BCUT2D eigenvalue weighted by molar-refractivity contribution is 5.84. The molecule has 1 N–H and O–H groups in total. The Bertz CT molecular complexity index is 291. The molecule has 1 aromatic rings. The van der Waals surface area contributed by atoms with Crippen molar-refractivity contribution >= 4 is 11.8 Å². The SMILES string of the molecule is CCCC.COC(=O)Nc1ccc(C)cc1. The summed E-state index contributed by atoms with van der Waals surface area (Å²) in [6.45, 7) is 6.35. The van der Waals surface area contributed by atoms with Gasteiger partial charge in [-0.25, -0.2) is 4.79 Å². The normalized spacial score (nSPS) is 8.75. The van der Waals surface area contributed by atoms with Crippen LogP contribution in [0.3, 0.4) is 0 Å². The van der Waals surface area contributed by atoms with Crippen LogP contribution in [0.4, 0.5) is 10.5 Å². The highest BCUT2D eigenvalue weighted by Crippen LogP contribution is 2.08. The average Bonchev–Trinajstić information content (AvgIpc) is 2.32. The average molecular weight is 223 g/mol. The lowest BCUT2D eigenvalue weighted by Crippen LogP contribution is -2.10. The predicted molar refractivity (Wildman–Crippen MR) is 67.8 cm³/mol. The smallest absolute Gasteiger partial charge is 0.411 e. The van der Waals surface area contributed by atoms with Crippen LogP contribution in [0, 0.1) is 6.92 Å². The topological polar surface area (TPSA) is 38.3 Å². The molecule has 0 saturated carbocycles. The van der Waals surface area contributed by atoms with Crippen molar-refractivity contribution in [2.75, 3.05) is 12.4 Å². The Balaban J connectivity index is 0.000000487. The molecular weight excluding hydrogens is 202 g/mol. The number of unbranched alkanes of at least 4 members (excludes halogenated alkanes) is 1. The summed E-state index contributed by atoms with van der Waals surface area (Å²) >= 11 is 0. The van der Waals surface area contributed by atoms with E-state index in [0.29, 0.717) is 0 Å². The van der Waals surface area contributed by atoms with Crippen LogP contribution < -0.4 is 5.32 Å². The first-order valence-corrected chi connectivity index (χ1v) is 5.55. The molecular formula is C13H21NO2. The molecule has 0 aliphatic rings. The van der Waals surface area contributed by atoms with E-state index in [4.69, 9.17) is 0 Å². The number of nitrogens with one attached hydrogen (secondary N) is 1. The highest BCUT2D eigenvalue weighted by atomic mass is 16.5. The zero-order valence-electron chi connectivity index (χ0n) is 10.5. The summed E-state index contributed by atoms with van der Waals surface area (Å²) in [5.41, 5.74) is 1.90. The van der Waals surface area contributed by atoms with E-state index < -0.39 is 6.09 Å². The van der Waals surface area contributed by atoms with Crippen molar-refractivity contribution in [1.29, 1.82) is 0 Å². The molecule has 16 heavy (non-hydrogen) atoms. The van der Waals surface area contributed by atoms with Gasteiger partial charge in [0.2, 0.25) is 0 Å². The van der Waals surface area contributed by atoms with Crippen LogP contribution in [-0.2, 0) is 4.74 Å². The lowest BCUT2D eigenvalue weighted by Gasteiger charge is -2.02. The first-order chi connectivity index (χ1) is 7.63. The van der Waals surface area contributed by atoms with Gasteiger partial charge in [-0.05, 0) is 19.1 Å².